The summed E-state index contributed by atoms with van der Waals surface area (Å²) in [4.78, 5) is 28.8. The van der Waals surface area contributed by atoms with Gasteiger partial charge in [0.1, 0.15) is 5.56 Å². The van der Waals surface area contributed by atoms with Gasteiger partial charge in [-0.15, -0.1) is 0 Å². The van der Waals surface area contributed by atoms with E-state index in [1.54, 1.807) is 11.0 Å². The highest BCUT2D eigenvalue weighted by atomic mass is 16.2. The molecule has 5 heteroatoms. The lowest BCUT2D eigenvalue weighted by Crippen LogP contribution is -2.38. The third kappa shape index (κ3) is 3.31. The molecule has 0 bridgehead atoms. The Bertz CT molecular complexity index is 692. The van der Waals surface area contributed by atoms with E-state index in [1.165, 1.54) is 18.5 Å². The predicted molar refractivity (Wildman–Crippen MR) is 82.9 cm³/mol. The Kier molecular flexibility index (Phi) is 4.42. The van der Waals surface area contributed by atoms with Crippen LogP contribution in [-0.2, 0) is 6.54 Å². The van der Waals surface area contributed by atoms with Crippen molar-refractivity contribution in [1.82, 2.24) is 9.88 Å². The fourth-order valence-electron chi connectivity index (χ4n) is 2.09. The molecule has 1 amide bonds. The second-order valence-electron chi connectivity index (χ2n) is 5.15. The van der Waals surface area contributed by atoms with Crippen molar-refractivity contribution in [1.29, 1.82) is 0 Å². The molecule has 5 nitrogen and oxygen atoms in total. The number of nitrogens with two attached hydrogens (primary N) is 1. The molecule has 0 fully saturated rings. The second-order valence-corrected chi connectivity index (χ2v) is 5.15. The molecule has 0 saturated carbocycles. The number of H-pyrrole nitrogens is 1. The Morgan fingerprint density at radius 3 is 2.62 bits per heavy atom. The average Bonchev–Trinajstić information content (AvgIpc) is 2.46. The van der Waals surface area contributed by atoms with Crippen molar-refractivity contribution in [3.8, 4) is 0 Å². The standard InChI is InChI=1S/C16H19N3O2/c1-11(2)19(10-12-5-3-4-6-14(12)17)16(21)13-9-18-8-7-15(13)20/h3-9,11H,10,17H2,1-2H3,(H,18,20). The van der Waals surface area contributed by atoms with Crippen LogP contribution in [0.25, 0.3) is 0 Å². The summed E-state index contributed by atoms with van der Waals surface area (Å²) in [7, 11) is 0. The van der Waals surface area contributed by atoms with Gasteiger partial charge in [-0.25, -0.2) is 0 Å². The molecule has 3 N–H and O–H groups in total. The van der Waals surface area contributed by atoms with Crippen molar-refractivity contribution in [3.05, 3.63) is 64.1 Å². The molecule has 2 rings (SSSR count). The van der Waals surface area contributed by atoms with Crippen LogP contribution in [0.4, 0.5) is 5.69 Å². The first-order valence-electron chi connectivity index (χ1n) is 6.82. The van der Waals surface area contributed by atoms with Gasteiger partial charge in [0, 0.05) is 36.7 Å². The van der Waals surface area contributed by atoms with Crippen LogP contribution in [0.2, 0.25) is 0 Å². The minimum atomic E-state index is -0.296. The number of hydrogen-bond donors (Lipinski definition) is 2. The Balaban J connectivity index is 2.32. The molecule has 1 aromatic heterocycles. The van der Waals surface area contributed by atoms with Gasteiger partial charge >= 0.3 is 0 Å². The fourth-order valence-corrected chi connectivity index (χ4v) is 2.09. The fraction of sp³-hybridized carbons (Fsp3) is 0.250. The zero-order chi connectivity index (χ0) is 15.4. The Morgan fingerprint density at radius 1 is 1.29 bits per heavy atom. The Morgan fingerprint density at radius 2 is 2.00 bits per heavy atom. The van der Waals surface area contributed by atoms with Crippen LogP contribution < -0.4 is 11.2 Å². The lowest BCUT2D eigenvalue weighted by atomic mass is 10.1. The number of amides is 1. The van der Waals surface area contributed by atoms with Gasteiger partial charge in [-0.3, -0.25) is 9.59 Å². The number of pyridine rings is 1. The Hall–Kier alpha value is -2.56. The molecule has 0 saturated heterocycles. The molecule has 0 aliphatic heterocycles. The first-order chi connectivity index (χ1) is 10.0. The van der Waals surface area contributed by atoms with Gasteiger partial charge in [0.05, 0.1) is 0 Å². The highest BCUT2D eigenvalue weighted by Gasteiger charge is 2.21. The number of aromatic amines is 1. The van der Waals surface area contributed by atoms with Crippen LogP contribution in [0.3, 0.4) is 0 Å². The summed E-state index contributed by atoms with van der Waals surface area (Å²) in [5, 5.41) is 0. The number of benzene rings is 1. The second kappa shape index (κ2) is 6.26. The van der Waals surface area contributed by atoms with Crippen LogP contribution in [-0.4, -0.2) is 21.8 Å². The summed E-state index contributed by atoms with van der Waals surface area (Å²) in [6.07, 6.45) is 2.95. The molecule has 2 aromatic rings. The summed E-state index contributed by atoms with van der Waals surface area (Å²) in [5.41, 5.74) is 7.29. The zero-order valence-corrected chi connectivity index (χ0v) is 12.2. The molecular weight excluding hydrogens is 266 g/mol. The molecule has 1 heterocycles. The molecule has 0 radical (unpaired) electrons. The maximum Gasteiger partial charge on any atom is 0.259 e. The van der Waals surface area contributed by atoms with Crippen LogP contribution in [0.1, 0.15) is 29.8 Å². The molecular formula is C16H19N3O2. The summed E-state index contributed by atoms with van der Waals surface area (Å²) in [6, 6.07) is 8.71. The normalized spacial score (nSPS) is 10.6. The van der Waals surface area contributed by atoms with Crippen molar-refractivity contribution in [2.75, 3.05) is 5.73 Å². The molecule has 21 heavy (non-hydrogen) atoms. The number of carbonyl (C=O) groups is 1. The van der Waals surface area contributed by atoms with E-state index in [-0.39, 0.29) is 22.9 Å². The lowest BCUT2D eigenvalue weighted by molar-refractivity contribution is 0.0689. The van der Waals surface area contributed by atoms with Gasteiger partial charge in [0.25, 0.3) is 5.91 Å². The van der Waals surface area contributed by atoms with Crippen LogP contribution in [0.5, 0.6) is 0 Å². The minimum Gasteiger partial charge on any atom is -0.398 e. The average molecular weight is 285 g/mol. The van der Waals surface area contributed by atoms with Gasteiger partial charge in [-0.2, -0.15) is 0 Å². The van der Waals surface area contributed by atoms with E-state index in [0.717, 1.165) is 5.56 Å². The maximum atomic E-state index is 12.6. The predicted octanol–water partition coefficient (Wildman–Crippen LogP) is 2.01. The van der Waals surface area contributed by atoms with Crippen molar-refractivity contribution >= 4 is 11.6 Å². The molecule has 0 aliphatic carbocycles. The first kappa shape index (κ1) is 14.8. The van der Waals surface area contributed by atoms with Crippen LogP contribution in [0.15, 0.2) is 47.5 Å². The number of nitrogen functional groups attached to an aromatic ring is 1. The molecule has 0 unspecified atom stereocenters. The first-order valence-corrected chi connectivity index (χ1v) is 6.82. The minimum absolute atomic E-state index is 0.0447. The smallest absolute Gasteiger partial charge is 0.259 e. The zero-order valence-electron chi connectivity index (χ0n) is 12.2. The van der Waals surface area contributed by atoms with Gasteiger partial charge in [-0.1, -0.05) is 18.2 Å². The monoisotopic (exact) mass is 285 g/mol. The van der Waals surface area contributed by atoms with E-state index < -0.39 is 0 Å². The van der Waals surface area contributed by atoms with Crippen molar-refractivity contribution in [2.24, 2.45) is 0 Å². The quantitative estimate of drug-likeness (QED) is 0.843. The number of rotatable bonds is 4. The number of anilines is 1. The third-order valence-electron chi connectivity index (χ3n) is 3.33. The van der Waals surface area contributed by atoms with Gasteiger partial charge < -0.3 is 15.6 Å². The van der Waals surface area contributed by atoms with E-state index in [9.17, 15) is 9.59 Å². The van der Waals surface area contributed by atoms with Gasteiger partial charge in [-0.05, 0) is 25.5 Å². The molecule has 0 atom stereocenters. The Labute approximate surface area is 123 Å². The molecule has 0 aliphatic rings. The number of carbonyl (C=O) groups excluding carboxylic acids is 1. The van der Waals surface area contributed by atoms with Crippen LogP contribution >= 0.6 is 0 Å². The van der Waals surface area contributed by atoms with Crippen molar-refractivity contribution < 1.29 is 4.79 Å². The largest absolute Gasteiger partial charge is 0.398 e. The van der Waals surface area contributed by atoms with Crippen molar-refractivity contribution in [2.45, 2.75) is 26.4 Å². The van der Waals surface area contributed by atoms with E-state index in [1.807, 2.05) is 32.0 Å². The summed E-state index contributed by atoms with van der Waals surface area (Å²) in [6.45, 7) is 4.19. The van der Waals surface area contributed by atoms with E-state index >= 15 is 0 Å². The van der Waals surface area contributed by atoms with Crippen molar-refractivity contribution in [3.63, 3.8) is 0 Å². The number of para-hydroxylation sites is 1. The number of nitrogens with one attached hydrogen (secondary N) is 1. The molecule has 110 valence electrons. The summed E-state index contributed by atoms with van der Waals surface area (Å²) in [5.74, 6) is -0.296. The summed E-state index contributed by atoms with van der Waals surface area (Å²) >= 11 is 0. The molecule has 0 spiro atoms. The third-order valence-corrected chi connectivity index (χ3v) is 3.33. The van der Waals surface area contributed by atoms with Gasteiger partial charge in [0.15, 0.2) is 5.43 Å². The maximum absolute atomic E-state index is 12.6. The highest BCUT2D eigenvalue weighted by Crippen LogP contribution is 2.16. The van der Waals surface area contributed by atoms with E-state index in [4.69, 9.17) is 5.73 Å². The molecule has 1 aromatic carbocycles. The summed E-state index contributed by atoms with van der Waals surface area (Å²) < 4.78 is 0. The number of aromatic nitrogens is 1. The van der Waals surface area contributed by atoms with E-state index in [0.29, 0.717) is 12.2 Å². The number of nitrogens with zero attached hydrogens (tertiary/aromatic N) is 1. The number of hydrogen-bond acceptors (Lipinski definition) is 3. The topological polar surface area (TPSA) is 79.2 Å². The SMILES string of the molecule is CC(C)N(Cc1ccccc1N)C(=O)c1c[nH]ccc1=O. The lowest BCUT2D eigenvalue weighted by Gasteiger charge is -2.27. The van der Waals surface area contributed by atoms with E-state index in [2.05, 4.69) is 4.98 Å². The van der Waals surface area contributed by atoms with Crippen LogP contribution in [0, 0.1) is 0 Å². The highest BCUT2D eigenvalue weighted by molar-refractivity contribution is 5.94. The van der Waals surface area contributed by atoms with Gasteiger partial charge in [0.2, 0.25) is 0 Å².